The van der Waals surface area contributed by atoms with Gasteiger partial charge in [0.05, 0.1) is 12.6 Å². The molecule has 2 amide bonds. The van der Waals surface area contributed by atoms with Crippen molar-refractivity contribution in [3.8, 4) is 0 Å². The fourth-order valence-electron chi connectivity index (χ4n) is 3.61. The summed E-state index contributed by atoms with van der Waals surface area (Å²) in [4.78, 5) is 30.3. The number of hydrogen-bond donors (Lipinski definition) is 0. The van der Waals surface area contributed by atoms with Gasteiger partial charge >= 0.3 is 0 Å². The van der Waals surface area contributed by atoms with E-state index in [2.05, 4.69) is 23.6 Å². The Bertz CT molecular complexity index is 790. The van der Waals surface area contributed by atoms with E-state index in [1.807, 2.05) is 36.9 Å². The predicted molar refractivity (Wildman–Crippen MR) is 110 cm³/mol. The first-order valence-corrected chi connectivity index (χ1v) is 10.7. The molecule has 1 unspecified atom stereocenters. The number of amides is 2. The van der Waals surface area contributed by atoms with Crippen LogP contribution in [0.15, 0.2) is 41.8 Å². The molecule has 0 bridgehead atoms. The largest absolute Gasteiger partial charge is 0.332 e. The summed E-state index contributed by atoms with van der Waals surface area (Å²) >= 11 is 7.51. The molecule has 0 saturated heterocycles. The van der Waals surface area contributed by atoms with E-state index in [4.69, 9.17) is 11.6 Å². The maximum Gasteiger partial charge on any atom is 0.242 e. The summed E-state index contributed by atoms with van der Waals surface area (Å²) in [5.74, 6) is -0.0423. The first kappa shape index (κ1) is 19.9. The average Bonchev–Trinajstić information content (AvgIpc) is 3.15. The summed E-state index contributed by atoms with van der Waals surface area (Å²) in [5, 5.41) is 2.09. The Balaban J connectivity index is 1.87. The number of nitrogens with zero attached hydrogens (tertiary/aromatic N) is 2. The number of benzene rings is 1. The zero-order chi connectivity index (χ0) is 19.4. The van der Waals surface area contributed by atoms with E-state index in [-0.39, 0.29) is 36.2 Å². The van der Waals surface area contributed by atoms with E-state index in [0.29, 0.717) is 13.1 Å². The highest BCUT2D eigenvalue weighted by Crippen LogP contribution is 2.37. The van der Waals surface area contributed by atoms with Crippen molar-refractivity contribution in [2.75, 3.05) is 25.5 Å². The molecular formula is C21H25ClN2O2S. The van der Waals surface area contributed by atoms with Gasteiger partial charge in [0, 0.05) is 18.0 Å². The highest BCUT2D eigenvalue weighted by Gasteiger charge is 2.33. The molecule has 0 N–H and O–H groups in total. The SMILES string of the molecule is CC(C)CN(CC(=O)N1CCc2sccc2C1c1ccccc1)C(=O)CCl. The highest BCUT2D eigenvalue weighted by atomic mass is 35.5. The second-order valence-corrected chi connectivity index (χ2v) is 8.52. The fraction of sp³-hybridized carbons (Fsp3) is 0.429. The van der Waals surface area contributed by atoms with Gasteiger partial charge in [-0.25, -0.2) is 0 Å². The number of thiophene rings is 1. The Hall–Kier alpha value is -1.85. The fourth-order valence-corrected chi connectivity index (χ4v) is 4.69. The van der Waals surface area contributed by atoms with Crippen LogP contribution in [0.1, 0.15) is 35.9 Å². The van der Waals surface area contributed by atoms with Crippen molar-refractivity contribution in [2.24, 2.45) is 5.92 Å². The highest BCUT2D eigenvalue weighted by molar-refractivity contribution is 7.10. The van der Waals surface area contributed by atoms with E-state index in [1.165, 1.54) is 10.4 Å². The van der Waals surface area contributed by atoms with E-state index in [1.54, 1.807) is 16.2 Å². The summed E-state index contributed by atoms with van der Waals surface area (Å²) in [6, 6.07) is 12.1. The molecule has 0 spiro atoms. The van der Waals surface area contributed by atoms with Crippen LogP contribution in [0.5, 0.6) is 0 Å². The van der Waals surface area contributed by atoms with Crippen molar-refractivity contribution >= 4 is 34.8 Å². The molecule has 0 saturated carbocycles. The third-order valence-electron chi connectivity index (χ3n) is 4.78. The van der Waals surface area contributed by atoms with Crippen LogP contribution in [0.4, 0.5) is 0 Å². The van der Waals surface area contributed by atoms with Gasteiger partial charge in [-0.2, -0.15) is 0 Å². The Morgan fingerprint density at radius 1 is 1.26 bits per heavy atom. The van der Waals surface area contributed by atoms with E-state index < -0.39 is 0 Å². The number of carbonyl (C=O) groups excluding carboxylic acids is 2. The standard InChI is InChI=1S/C21H25ClN2O2S/c1-15(2)13-23(19(25)12-22)14-20(26)24-10-8-18-17(9-11-27-18)21(24)16-6-4-3-5-7-16/h3-7,9,11,15,21H,8,10,12-14H2,1-2H3. The van der Waals surface area contributed by atoms with Crippen LogP contribution in [0.25, 0.3) is 0 Å². The van der Waals surface area contributed by atoms with Crippen molar-refractivity contribution in [3.63, 3.8) is 0 Å². The molecule has 1 aromatic carbocycles. The molecule has 4 nitrogen and oxygen atoms in total. The van der Waals surface area contributed by atoms with Crippen LogP contribution in [0, 0.1) is 5.92 Å². The molecule has 1 aliphatic rings. The van der Waals surface area contributed by atoms with E-state index in [9.17, 15) is 9.59 Å². The van der Waals surface area contributed by atoms with Gasteiger partial charge in [-0.1, -0.05) is 44.2 Å². The van der Waals surface area contributed by atoms with Gasteiger partial charge in [0.25, 0.3) is 0 Å². The Morgan fingerprint density at radius 2 is 2.00 bits per heavy atom. The van der Waals surface area contributed by atoms with Crippen molar-refractivity contribution in [1.29, 1.82) is 0 Å². The van der Waals surface area contributed by atoms with Gasteiger partial charge in [0.1, 0.15) is 5.88 Å². The lowest BCUT2D eigenvalue weighted by Gasteiger charge is -2.37. The minimum Gasteiger partial charge on any atom is -0.332 e. The molecule has 2 heterocycles. The molecule has 1 aliphatic heterocycles. The summed E-state index contributed by atoms with van der Waals surface area (Å²) in [6.45, 7) is 5.34. The smallest absolute Gasteiger partial charge is 0.242 e. The minimum atomic E-state index is -0.191. The van der Waals surface area contributed by atoms with Crippen molar-refractivity contribution in [2.45, 2.75) is 26.3 Å². The second-order valence-electron chi connectivity index (χ2n) is 7.25. The molecule has 0 radical (unpaired) electrons. The van der Waals surface area contributed by atoms with Gasteiger partial charge in [0.15, 0.2) is 0 Å². The maximum atomic E-state index is 13.2. The summed E-state index contributed by atoms with van der Waals surface area (Å²) in [7, 11) is 0. The number of rotatable bonds is 6. The zero-order valence-corrected chi connectivity index (χ0v) is 17.3. The number of fused-ring (bicyclic) bond motifs is 1. The summed E-state index contributed by atoms with van der Waals surface area (Å²) in [5.41, 5.74) is 2.30. The van der Waals surface area contributed by atoms with Gasteiger partial charge in [-0.15, -0.1) is 22.9 Å². The Labute approximate surface area is 169 Å². The Kier molecular flexibility index (Phi) is 6.55. The molecule has 0 fully saturated rings. The third kappa shape index (κ3) is 4.53. The molecule has 27 heavy (non-hydrogen) atoms. The topological polar surface area (TPSA) is 40.6 Å². The van der Waals surface area contributed by atoms with E-state index >= 15 is 0 Å². The predicted octanol–water partition coefficient (Wildman–Crippen LogP) is 3.95. The van der Waals surface area contributed by atoms with Crippen LogP contribution in [-0.2, 0) is 16.0 Å². The molecule has 2 aromatic rings. The van der Waals surface area contributed by atoms with E-state index in [0.717, 1.165) is 12.0 Å². The van der Waals surface area contributed by atoms with Crippen LogP contribution < -0.4 is 0 Å². The first-order chi connectivity index (χ1) is 13.0. The molecular weight excluding hydrogens is 380 g/mol. The minimum absolute atomic E-state index is 0.0279. The zero-order valence-electron chi connectivity index (χ0n) is 15.7. The Morgan fingerprint density at radius 3 is 2.67 bits per heavy atom. The summed E-state index contributed by atoms with van der Waals surface area (Å²) in [6.07, 6.45) is 0.857. The van der Waals surface area contributed by atoms with Crippen LogP contribution in [0.3, 0.4) is 0 Å². The first-order valence-electron chi connectivity index (χ1n) is 9.25. The average molecular weight is 405 g/mol. The normalized spacial score (nSPS) is 16.3. The monoisotopic (exact) mass is 404 g/mol. The molecule has 0 aliphatic carbocycles. The second kappa shape index (κ2) is 8.89. The number of carbonyl (C=O) groups is 2. The van der Waals surface area contributed by atoms with Gasteiger partial charge in [-0.05, 0) is 34.9 Å². The molecule has 144 valence electrons. The van der Waals surface area contributed by atoms with Gasteiger partial charge in [0.2, 0.25) is 11.8 Å². The van der Waals surface area contributed by atoms with Gasteiger partial charge < -0.3 is 9.80 Å². The number of halogens is 1. The quantitative estimate of drug-likeness (QED) is 0.684. The molecule has 1 atom stereocenters. The maximum absolute atomic E-state index is 13.2. The van der Waals surface area contributed by atoms with Crippen molar-refractivity contribution in [3.05, 3.63) is 57.8 Å². The summed E-state index contributed by atoms with van der Waals surface area (Å²) < 4.78 is 0. The number of alkyl halides is 1. The van der Waals surface area contributed by atoms with Crippen molar-refractivity contribution < 1.29 is 9.59 Å². The lowest BCUT2D eigenvalue weighted by atomic mass is 9.93. The molecule has 6 heteroatoms. The van der Waals surface area contributed by atoms with Crippen LogP contribution in [-0.4, -0.2) is 47.1 Å². The van der Waals surface area contributed by atoms with Crippen molar-refractivity contribution in [1.82, 2.24) is 9.80 Å². The molecule has 1 aromatic heterocycles. The van der Waals surface area contributed by atoms with Crippen LogP contribution in [0.2, 0.25) is 0 Å². The lowest BCUT2D eigenvalue weighted by molar-refractivity contribution is -0.141. The lowest BCUT2D eigenvalue weighted by Crippen LogP contribution is -2.47. The third-order valence-corrected chi connectivity index (χ3v) is 6.01. The molecule has 3 rings (SSSR count). The number of hydrogen-bond acceptors (Lipinski definition) is 3. The van der Waals surface area contributed by atoms with Gasteiger partial charge in [-0.3, -0.25) is 9.59 Å². The van der Waals surface area contributed by atoms with Crippen LogP contribution >= 0.6 is 22.9 Å².